The number of hydrogen-bond donors (Lipinski definition) is 1. The molecule has 2 heterocycles. The minimum absolute atomic E-state index is 0.0532. The minimum Gasteiger partial charge on any atom is -0.342 e. The van der Waals surface area contributed by atoms with Crippen LogP contribution < -0.4 is 5.32 Å². The first-order chi connectivity index (χ1) is 10.7. The predicted molar refractivity (Wildman–Crippen MR) is 86.6 cm³/mol. The van der Waals surface area contributed by atoms with Crippen molar-refractivity contribution >= 4 is 5.91 Å². The van der Waals surface area contributed by atoms with Gasteiger partial charge in [0.15, 0.2) is 0 Å². The lowest BCUT2D eigenvalue weighted by atomic mass is 9.89. The molecule has 2 aliphatic rings. The first kappa shape index (κ1) is 15.5. The summed E-state index contributed by atoms with van der Waals surface area (Å²) in [6.45, 7) is 1.66. The first-order valence-corrected chi connectivity index (χ1v) is 8.62. The molecule has 1 aliphatic carbocycles. The lowest BCUT2D eigenvalue weighted by Gasteiger charge is -2.31. The van der Waals surface area contributed by atoms with Gasteiger partial charge in [-0.1, -0.05) is 25.7 Å². The van der Waals surface area contributed by atoms with Crippen LogP contribution in [0, 0.1) is 5.92 Å². The summed E-state index contributed by atoms with van der Waals surface area (Å²) in [5, 5.41) is 7.66. The number of carbonyl (C=O) groups is 1. The molecule has 1 saturated carbocycles. The molecule has 0 bridgehead atoms. The number of hydrogen-bond acceptors (Lipinski definition) is 3. The van der Waals surface area contributed by atoms with Gasteiger partial charge in [-0.2, -0.15) is 5.10 Å². The fourth-order valence-corrected chi connectivity index (χ4v) is 4.01. The zero-order chi connectivity index (χ0) is 15.5. The van der Waals surface area contributed by atoms with Gasteiger partial charge in [-0.05, 0) is 18.4 Å². The summed E-state index contributed by atoms with van der Waals surface area (Å²) in [6, 6.07) is 0.435. The smallest absolute Gasteiger partial charge is 0.227 e. The Morgan fingerprint density at radius 1 is 1.27 bits per heavy atom. The average Bonchev–Trinajstić information content (AvgIpc) is 3.07. The lowest BCUT2D eigenvalue weighted by Crippen LogP contribution is -2.42. The summed E-state index contributed by atoms with van der Waals surface area (Å²) in [5.74, 6) is 0.623. The predicted octanol–water partition coefficient (Wildman–Crippen LogP) is 1.90. The molecule has 0 aromatic carbocycles. The molecule has 1 aliphatic heterocycles. The molecule has 1 saturated heterocycles. The van der Waals surface area contributed by atoms with Crippen molar-refractivity contribution in [3.63, 3.8) is 0 Å². The van der Waals surface area contributed by atoms with Gasteiger partial charge in [-0.3, -0.25) is 9.48 Å². The number of nitrogens with zero attached hydrogens (tertiary/aromatic N) is 3. The van der Waals surface area contributed by atoms with Crippen molar-refractivity contribution in [2.24, 2.45) is 13.0 Å². The van der Waals surface area contributed by atoms with Crippen LogP contribution >= 0.6 is 0 Å². The Labute approximate surface area is 133 Å². The summed E-state index contributed by atoms with van der Waals surface area (Å²) < 4.78 is 1.82. The van der Waals surface area contributed by atoms with Crippen LogP contribution in [-0.4, -0.2) is 46.8 Å². The molecule has 122 valence electrons. The molecular weight excluding hydrogens is 276 g/mol. The van der Waals surface area contributed by atoms with Crippen LogP contribution in [0.2, 0.25) is 0 Å². The molecule has 1 N–H and O–H groups in total. The number of rotatable bonds is 3. The van der Waals surface area contributed by atoms with E-state index >= 15 is 0 Å². The maximum absolute atomic E-state index is 13.0. The van der Waals surface area contributed by atoms with Crippen LogP contribution in [0.25, 0.3) is 0 Å². The van der Waals surface area contributed by atoms with E-state index in [-0.39, 0.29) is 11.8 Å². The molecule has 5 heteroatoms. The fraction of sp³-hybridized carbons (Fsp3) is 0.765. The van der Waals surface area contributed by atoms with Crippen molar-refractivity contribution in [2.75, 3.05) is 20.1 Å². The Morgan fingerprint density at radius 2 is 2.00 bits per heavy atom. The highest BCUT2D eigenvalue weighted by Crippen LogP contribution is 2.31. The fourth-order valence-electron chi connectivity index (χ4n) is 4.01. The van der Waals surface area contributed by atoms with E-state index in [1.165, 1.54) is 44.1 Å². The molecule has 3 rings (SSSR count). The monoisotopic (exact) mass is 304 g/mol. The highest BCUT2D eigenvalue weighted by Gasteiger charge is 2.37. The maximum atomic E-state index is 13.0. The molecule has 5 nitrogen and oxygen atoms in total. The van der Waals surface area contributed by atoms with Crippen LogP contribution in [0.3, 0.4) is 0 Å². The summed E-state index contributed by atoms with van der Waals surface area (Å²) in [6.07, 6.45) is 11.4. The van der Waals surface area contributed by atoms with Gasteiger partial charge >= 0.3 is 0 Å². The number of aromatic nitrogens is 2. The quantitative estimate of drug-likeness (QED) is 0.868. The Hall–Kier alpha value is -1.36. The second-order valence-electron chi connectivity index (χ2n) is 6.91. The molecule has 0 unspecified atom stereocenters. The number of aryl methyl sites for hydroxylation is 1. The normalized spacial score (nSPS) is 26.8. The van der Waals surface area contributed by atoms with Gasteiger partial charge in [-0.25, -0.2) is 0 Å². The molecule has 0 spiro atoms. The number of nitrogens with one attached hydrogen (secondary N) is 1. The van der Waals surface area contributed by atoms with Gasteiger partial charge < -0.3 is 10.2 Å². The van der Waals surface area contributed by atoms with Crippen molar-refractivity contribution in [3.05, 3.63) is 18.0 Å². The third-order valence-corrected chi connectivity index (χ3v) is 5.40. The van der Waals surface area contributed by atoms with E-state index in [0.29, 0.717) is 11.9 Å². The molecule has 22 heavy (non-hydrogen) atoms. The molecule has 1 aromatic heterocycles. The maximum Gasteiger partial charge on any atom is 0.227 e. The van der Waals surface area contributed by atoms with Gasteiger partial charge in [0, 0.05) is 45.3 Å². The van der Waals surface area contributed by atoms with Crippen LogP contribution in [0.1, 0.15) is 50.0 Å². The highest BCUT2D eigenvalue weighted by molar-refractivity contribution is 5.80. The standard InChI is InChI=1S/C17H28N4O/c1-20-12-13(9-19-20)15-10-18-11-16(15)17(22)21(2)14-7-5-3-4-6-8-14/h9,12,14-16,18H,3-8,10-11H2,1-2H3/t15-,16+/m1/s1. The topological polar surface area (TPSA) is 50.2 Å². The van der Waals surface area contributed by atoms with Crippen LogP contribution in [0.15, 0.2) is 12.4 Å². The highest BCUT2D eigenvalue weighted by atomic mass is 16.2. The molecule has 1 aromatic rings. The Bertz CT molecular complexity index is 505. The molecular formula is C17H28N4O. The van der Waals surface area contributed by atoms with E-state index < -0.39 is 0 Å². The van der Waals surface area contributed by atoms with Crippen LogP contribution in [0.5, 0.6) is 0 Å². The Morgan fingerprint density at radius 3 is 2.64 bits per heavy atom. The van der Waals surface area contributed by atoms with E-state index in [1.807, 2.05) is 36.1 Å². The summed E-state index contributed by atoms with van der Waals surface area (Å²) >= 11 is 0. The third kappa shape index (κ3) is 3.19. The average molecular weight is 304 g/mol. The second-order valence-corrected chi connectivity index (χ2v) is 6.91. The molecule has 1 amide bonds. The zero-order valence-corrected chi connectivity index (χ0v) is 13.8. The van der Waals surface area contributed by atoms with E-state index in [0.717, 1.165) is 13.1 Å². The van der Waals surface area contributed by atoms with Gasteiger partial charge in [0.1, 0.15) is 0 Å². The van der Waals surface area contributed by atoms with E-state index in [2.05, 4.69) is 10.4 Å². The van der Waals surface area contributed by atoms with E-state index in [9.17, 15) is 4.79 Å². The minimum atomic E-state index is 0.0532. The van der Waals surface area contributed by atoms with Crippen molar-refractivity contribution in [2.45, 2.75) is 50.5 Å². The third-order valence-electron chi connectivity index (χ3n) is 5.40. The van der Waals surface area contributed by atoms with Crippen LogP contribution in [-0.2, 0) is 11.8 Å². The van der Waals surface area contributed by atoms with Gasteiger partial charge in [-0.15, -0.1) is 0 Å². The number of carbonyl (C=O) groups excluding carboxylic acids is 1. The van der Waals surface area contributed by atoms with Crippen molar-refractivity contribution < 1.29 is 4.79 Å². The van der Waals surface area contributed by atoms with Crippen LogP contribution in [0.4, 0.5) is 0 Å². The lowest BCUT2D eigenvalue weighted by molar-refractivity contribution is -0.136. The van der Waals surface area contributed by atoms with Crippen molar-refractivity contribution in [1.29, 1.82) is 0 Å². The van der Waals surface area contributed by atoms with Gasteiger partial charge in [0.25, 0.3) is 0 Å². The molecule has 2 fully saturated rings. The van der Waals surface area contributed by atoms with E-state index in [1.54, 1.807) is 0 Å². The largest absolute Gasteiger partial charge is 0.342 e. The first-order valence-electron chi connectivity index (χ1n) is 8.62. The van der Waals surface area contributed by atoms with E-state index in [4.69, 9.17) is 0 Å². The molecule has 2 atom stereocenters. The second kappa shape index (κ2) is 6.82. The summed E-state index contributed by atoms with van der Waals surface area (Å²) in [7, 11) is 3.94. The summed E-state index contributed by atoms with van der Waals surface area (Å²) in [4.78, 5) is 15.1. The zero-order valence-electron chi connectivity index (χ0n) is 13.8. The van der Waals surface area contributed by atoms with Crippen molar-refractivity contribution in [3.8, 4) is 0 Å². The Kier molecular flexibility index (Phi) is 4.81. The summed E-state index contributed by atoms with van der Waals surface area (Å²) in [5.41, 5.74) is 1.18. The Balaban J connectivity index is 1.69. The van der Waals surface area contributed by atoms with Crippen molar-refractivity contribution in [1.82, 2.24) is 20.0 Å². The number of amides is 1. The SMILES string of the molecule is CN(C(=O)[C@H]1CNC[C@@H]1c1cnn(C)c1)C1CCCCCC1. The molecule has 0 radical (unpaired) electrons. The van der Waals surface area contributed by atoms with Gasteiger partial charge in [0.05, 0.1) is 12.1 Å². The van der Waals surface area contributed by atoms with Gasteiger partial charge in [0.2, 0.25) is 5.91 Å².